The summed E-state index contributed by atoms with van der Waals surface area (Å²) in [6, 6.07) is 5.96. The number of carbonyl (C=O) groups excluding carboxylic acids is 1. The molecule has 1 fully saturated rings. The predicted octanol–water partition coefficient (Wildman–Crippen LogP) is 2.60. The van der Waals surface area contributed by atoms with E-state index in [2.05, 4.69) is 16.5 Å². The van der Waals surface area contributed by atoms with Gasteiger partial charge >= 0.3 is 6.09 Å². The molecule has 1 N–H and O–H groups in total. The number of aromatic nitrogens is 2. The van der Waals surface area contributed by atoms with E-state index >= 15 is 0 Å². The summed E-state index contributed by atoms with van der Waals surface area (Å²) in [5.41, 5.74) is 1.42. The van der Waals surface area contributed by atoms with Crippen molar-refractivity contribution in [1.29, 1.82) is 0 Å². The van der Waals surface area contributed by atoms with E-state index in [1.807, 2.05) is 32.9 Å². The van der Waals surface area contributed by atoms with E-state index < -0.39 is 11.7 Å². The zero-order valence-corrected chi connectivity index (χ0v) is 14.5. The van der Waals surface area contributed by atoms with Gasteiger partial charge in [-0.1, -0.05) is 12.1 Å². The van der Waals surface area contributed by atoms with E-state index in [-0.39, 0.29) is 0 Å². The lowest BCUT2D eigenvalue weighted by molar-refractivity contribution is 0.0522. The molecule has 1 aliphatic rings. The maximum Gasteiger partial charge on any atom is 0.435 e. The number of nitrogens with one attached hydrogen (secondary N) is 1. The van der Waals surface area contributed by atoms with Gasteiger partial charge in [-0.3, -0.25) is 0 Å². The van der Waals surface area contributed by atoms with Gasteiger partial charge in [0, 0.05) is 18.5 Å². The lowest BCUT2D eigenvalue weighted by atomic mass is 9.97. The highest BCUT2D eigenvalue weighted by atomic mass is 16.6. The number of ether oxygens (including phenoxy) is 2. The van der Waals surface area contributed by atoms with Gasteiger partial charge in [0.1, 0.15) is 5.60 Å². The molecular formula is C18H25N3O3. The molecule has 1 aromatic carbocycles. The Hall–Kier alpha value is -1.92. The first-order chi connectivity index (χ1) is 11.4. The van der Waals surface area contributed by atoms with Gasteiger partial charge in [-0.05, 0) is 44.7 Å². The van der Waals surface area contributed by atoms with Gasteiger partial charge in [0.05, 0.1) is 24.9 Å². The molecule has 1 aromatic heterocycles. The van der Waals surface area contributed by atoms with Crippen molar-refractivity contribution >= 4 is 17.0 Å². The molecule has 1 aliphatic heterocycles. The van der Waals surface area contributed by atoms with Gasteiger partial charge in [0.15, 0.2) is 0 Å². The van der Waals surface area contributed by atoms with Crippen LogP contribution in [0.5, 0.6) is 0 Å². The molecule has 0 bridgehead atoms. The summed E-state index contributed by atoms with van der Waals surface area (Å²) in [4.78, 5) is 12.3. The fraction of sp³-hybridized carbons (Fsp3) is 0.556. The van der Waals surface area contributed by atoms with Crippen LogP contribution in [0.4, 0.5) is 4.79 Å². The normalized spacial score (nSPS) is 19.2. The van der Waals surface area contributed by atoms with Crippen molar-refractivity contribution in [2.24, 2.45) is 5.92 Å². The number of hydrogen-bond acceptors (Lipinski definition) is 5. The number of benzene rings is 1. The molecule has 130 valence electrons. The first kappa shape index (κ1) is 16.9. The number of fused-ring (bicyclic) bond motifs is 1. The van der Waals surface area contributed by atoms with Crippen molar-refractivity contribution in [1.82, 2.24) is 15.1 Å². The highest BCUT2D eigenvalue weighted by Crippen LogP contribution is 2.23. The molecule has 1 saturated heterocycles. The fourth-order valence-corrected chi connectivity index (χ4v) is 2.94. The van der Waals surface area contributed by atoms with E-state index in [1.165, 1.54) is 10.2 Å². The van der Waals surface area contributed by atoms with Gasteiger partial charge in [-0.15, -0.1) is 0 Å². The second kappa shape index (κ2) is 6.91. The summed E-state index contributed by atoms with van der Waals surface area (Å²) in [6.07, 6.45) is 2.19. The van der Waals surface area contributed by atoms with Gasteiger partial charge < -0.3 is 14.8 Å². The van der Waals surface area contributed by atoms with Crippen LogP contribution in [0.3, 0.4) is 0 Å². The van der Waals surface area contributed by atoms with Gasteiger partial charge in [0.2, 0.25) is 0 Å². The Morgan fingerprint density at radius 2 is 2.29 bits per heavy atom. The van der Waals surface area contributed by atoms with E-state index in [9.17, 15) is 4.79 Å². The monoisotopic (exact) mass is 331 g/mol. The smallest absolute Gasteiger partial charge is 0.435 e. The second-order valence-electron chi connectivity index (χ2n) is 7.24. The SMILES string of the molecule is CC(C)(C)OC(=O)n1ncc2c(CC3CNCCOC3)cccc21. The molecule has 2 aromatic rings. The first-order valence-corrected chi connectivity index (χ1v) is 8.41. The molecular weight excluding hydrogens is 306 g/mol. The van der Waals surface area contributed by atoms with Gasteiger partial charge in [-0.25, -0.2) is 4.79 Å². The van der Waals surface area contributed by atoms with Crippen LogP contribution in [0.15, 0.2) is 24.4 Å². The average Bonchev–Trinajstić information content (AvgIpc) is 2.78. The minimum Gasteiger partial charge on any atom is -0.442 e. The maximum absolute atomic E-state index is 12.3. The third-order valence-electron chi connectivity index (χ3n) is 3.99. The third kappa shape index (κ3) is 3.94. The van der Waals surface area contributed by atoms with Crippen LogP contribution in [0, 0.1) is 5.92 Å². The van der Waals surface area contributed by atoms with Crippen LogP contribution in [-0.4, -0.2) is 47.8 Å². The largest absolute Gasteiger partial charge is 0.442 e. The van der Waals surface area contributed by atoms with E-state index in [0.29, 0.717) is 5.92 Å². The van der Waals surface area contributed by atoms with Crippen molar-refractivity contribution in [3.63, 3.8) is 0 Å². The molecule has 0 radical (unpaired) electrons. The molecule has 0 aliphatic carbocycles. The summed E-state index contributed by atoms with van der Waals surface area (Å²) in [5, 5.41) is 8.63. The number of nitrogens with zero attached hydrogens (tertiary/aromatic N) is 2. The molecule has 1 unspecified atom stereocenters. The van der Waals surface area contributed by atoms with Crippen molar-refractivity contribution in [3.8, 4) is 0 Å². The Kier molecular flexibility index (Phi) is 4.87. The minimum atomic E-state index is -0.545. The van der Waals surface area contributed by atoms with Crippen LogP contribution in [0.25, 0.3) is 10.9 Å². The summed E-state index contributed by atoms with van der Waals surface area (Å²) in [6.45, 7) is 8.90. The third-order valence-corrected chi connectivity index (χ3v) is 3.99. The standard InChI is InChI=1S/C18H25N3O3/c1-18(2,3)24-17(22)21-16-6-4-5-14(15(16)11-20-21)9-13-10-19-7-8-23-12-13/h4-6,11,13,19H,7-10,12H2,1-3H3. The summed E-state index contributed by atoms with van der Waals surface area (Å²) in [5.74, 6) is 0.419. The van der Waals surface area contributed by atoms with Crippen molar-refractivity contribution < 1.29 is 14.3 Å². The first-order valence-electron chi connectivity index (χ1n) is 8.41. The highest BCUT2D eigenvalue weighted by molar-refractivity contribution is 5.89. The van der Waals surface area contributed by atoms with Crippen LogP contribution < -0.4 is 5.32 Å². The van der Waals surface area contributed by atoms with Gasteiger partial charge in [-0.2, -0.15) is 9.78 Å². The van der Waals surface area contributed by atoms with Crippen LogP contribution in [0.2, 0.25) is 0 Å². The van der Waals surface area contributed by atoms with E-state index in [4.69, 9.17) is 9.47 Å². The van der Waals surface area contributed by atoms with Crippen LogP contribution >= 0.6 is 0 Å². The van der Waals surface area contributed by atoms with Crippen LogP contribution in [-0.2, 0) is 15.9 Å². The van der Waals surface area contributed by atoms with E-state index in [1.54, 1.807) is 6.20 Å². The number of rotatable bonds is 2. The Balaban J connectivity index is 1.84. The Morgan fingerprint density at radius 1 is 1.46 bits per heavy atom. The molecule has 0 saturated carbocycles. The molecule has 2 heterocycles. The fourth-order valence-electron chi connectivity index (χ4n) is 2.94. The summed E-state index contributed by atoms with van der Waals surface area (Å²) >= 11 is 0. The Labute approximate surface area is 142 Å². The quantitative estimate of drug-likeness (QED) is 0.916. The summed E-state index contributed by atoms with van der Waals surface area (Å²) in [7, 11) is 0. The number of carbonyl (C=O) groups is 1. The molecule has 0 spiro atoms. The van der Waals surface area contributed by atoms with E-state index in [0.717, 1.165) is 43.6 Å². The minimum absolute atomic E-state index is 0.419. The van der Waals surface area contributed by atoms with Crippen molar-refractivity contribution in [2.45, 2.75) is 32.8 Å². The topological polar surface area (TPSA) is 65.4 Å². The molecule has 6 heteroatoms. The Morgan fingerprint density at radius 3 is 3.08 bits per heavy atom. The lowest BCUT2D eigenvalue weighted by Gasteiger charge is -2.19. The summed E-state index contributed by atoms with van der Waals surface area (Å²) < 4.78 is 12.4. The predicted molar refractivity (Wildman–Crippen MR) is 92.2 cm³/mol. The molecule has 1 atom stereocenters. The Bertz CT molecular complexity index is 710. The average molecular weight is 331 g/mol. The molecule has 3 rings (SSSR count). The lowest BCUT2D eigenvalue weighted by Crippen LogP contribution is -2.27. The van der Waals surface area contributed by atoms with Gasteiger partial charge in [0.25, 0.3) is 0 Å². The molecule has 24 heavy (non-hydrogen) atoms. The number of hydrogen-bond donors (Lipinski definition) is 1. The highest BCUT2D eigenvalue weighted by Gasteiger charge is 2.21. The zero-order chi connectivity index (χ0) is 17.2. The van der Waals surface area contributed by atoms with Crippen molar-refractivity contribution in [2.75, 3.05) is 26.3 Å². The molecule has 6 nitrogen and oxygen atoms in total. The van der Waals surface area contributed by atoms with Crippen LogP contribution in [0.1, 0.15) is 26.3 Å². The molecule has 0 amide bonds. The second-order valence-corrected chi connectivity index (χ2v) is 7.24. The maximum atomic E-state index is 12.3. The zero-order valence-electron chi connectivity index (χ0n) is 14.5. The van der Waals surface area contributed by atoms with Crippen molar-refractivity contribution in [3.05, 3.63) is 30.0 Å².